The number of nitro benzene ring substituents is 1. The maximum Gasteiger partial charge on any atom is 0.270 e. The third-order valence-corrected chi connectivity index (χ3v) is 2.80. The molecule has 0 saturated heterocycles. The maximum absolute atomic E-state index is 10.8. The van der Waals surface area contributed by atoms with Crippen LogP contribution in [0.4, 0.5) is 5.69 Å². The van der Waals surface area contributed by atoms with Gasteiger partial charge < -0.3 is 10.1 Å². The lowest BCUT2D eigenvalue weighted by Gasteiger charge is -2.11. The molecule has 0 aliphatic rings. The number of nitrogens with zero attached hydrogens (tertiary/aromatic N) is 3. The molecule has 0 radical (unpaired) electrons. The molecule has 0 saturated carbocycles. The van der Waals surface area contributed by atoms with E-state index < -0.39 is 4.92 Å². The van der Waals surface area contributed by atoms with Crippen LogP contribution in [0.3, 0.4) is 0 Å². The molecule has 110 valence electrons. The molecule has 2 rings (SSSR count). The van der Waals surface area contributed by atoms with Crippen LogP contribution < -0.4 is 10.1 Å². The predicted octanol–water partition coefficient (Wildman–Crippen LogP) is 2.07. The first-order valence-electron chi connectivity index (χ1n) is 6.57. The third-order valence-electron chi connectivity index (χ3n) is 2.80. The second kappa shape index (κ2) is 7.30. The average Bonchev–Trinajstić information content (AvgIpc) is 2.52. The highest BCUT2D eigenvalue weighted by molar-refractivity contribution is 5.43. The molecular formula is C14H16N4O3. The molecule has 1 N–H and O–H groups in total. The van der Waals surface area contributed by atoms with Crippen molar-refractivity contribution >= 4 is 5.69 Å². The molecule has 0 bridgehead atoms. The van der Waals surface area contributed by atoms with Crippen molar-refractivity contribution in [2.24, 2.45) is 0 Å². The number of non-ortho nitro benzene ring substituents is 1. The second-order valence-electron chi connectivity index (χ2n) is 4.28. The minimum atomic E-state index is -0.417. The minimum absolute atomic E-state index is 0.0474. The van der Waals surface area contributed by atoms with Gasteiger partial charge in [-0.25, -0.2) is 9.97 Å². The molecule has 0 aliphatic carbocycles. The molecular weight excluding hydrogens is 272 g/mol. The van der Waals surface area contributed by atoms with E-state index in [4.69, 9.17) is 4.74 Å². The Morgan fingerprint density at radius 3 is 2.76 bits per heavy atom. The lowest BCUT2D eigenvalue weighted by Crippen LogP contribution is -2.13. The summed E-state index contributed by atoms with van der Waals surface area (Å²) in [5, 5.41) is 14.0. The molecule has 0 unspecified atom stereocenters. The number of benzene rings is 1. The fraction of sp³-hybridized carbons (Fsp3) is 0.286. The fourth-order valence-corrected chi connectivity index (χ4v) is 1.76. The van der Waals surface area contributed by atoms with Crippen molar-refractivity contribution in [2.45, 2.75) is 20.1 Å². The fourth-order valence-electron chi connectivity index (χ4n) is 1.76. The minimum Gasteiger partial charge on any atom is -0.485 e. The number of nitro groups is 1. The predicted molar refractivity (Wildman–Crippen MR) is 76.8 cm³/mol. The first-order valence-corrected chi connectivity index (χ1v) is 6.57. The molecule has 0 atom stereocenters. The standard InChI is InChI=1S/C14H16N4O3/c1-2-15-9-11-8-12(18(19)20)4-5-13(11)21-10-14-16-6-3-7-17-14/h3-8,15H,2,9-10H2,1H3. The second-order valence-corrected chi connectivity index (χ2v) is 4.28. The molecule has 1 aromatic heterocycles. The molecule has 0 amide bonds. The molecule has 1 heterocycles. The summed E-state index contributed by atoms with van der Waals surface area (Å²) in [5.41, 5.74) is 0.785. The zero-order valence-corrected chi connectivity index (χ0v) is 11.7. The van der Waals surface area contributed by atoms with Crippen molar-refractivity contribution in [2.75, 3.05) is 6.54 Å². The van der Waals surface area contributed by atoms with Crippen molar-refractivity contribution < 1.29 is 9.66 Å². The van der Waals surface area contributed by atoms with E-state index in [1.54, 1.807) is 24.5 Å². The smallest absolute Gasteiger partial charge is 0.270 e. The molecule has 0 fully saturated rings. The Balaban J connectivity index is 2.14. The first-order chi connectivity index (χ1) is 10.2. The van der Waals surface area contributed by atoms with E-state index in [0.717, 1.165) is 12.1 Å². The third kappa shape index (κ3) is 4.22. The van der Waals surface area contributed by atoms with Crippen molar-refractivity contribution in [1.82, 2.24) is 15.3 Å². The summed E-state index contributed by atoms with van der Waals surface area (Å²) in [5.74, 6) is 1.15. The number of hydrogen-bond acceptors (Lipinski definition) is 6. The molecule has 0 aliphatic heterocycles. The van der Waals surface area contributed by atoms with Crippen LogP contribution in [0.2, 0.25) is 0 Å². The average molecular weight is 288 g/mol. The number of hydrogen-bond donors (Lipinski definition) is 1. The summed E-state index contributed by atoms with van der Waals surface area (Å²) >= 11 is 0. The molecule has 0 spiro atoms. The van der Waals surface area contributed by atoms with Gasteiger partial charge in [-0.3, -0.25) is 10.1 Å². The van der Waals surface area contributed by atoms with Crippen LogP contribution in [0.25, 0.3) is 0 Å². The highest BCUT2D eigenvalue weighted by Crippen LogP contribution is 2.24. The lowest BCUT2D eigenvalue weighted by molar-refractivity contribution is -0.384. The summed E-state index contributed by atoms with van der Waals surface area (Å²) in [6, 6.07) is 6.28. The van der Waals surface area contributed by atoms with Gasteiger partial charge in [0.2, 0.25) is 0 Å². The highest BCUT2D eigenvalue weighted by Gasteiger charge is 2.12. The van der Waals surface area contributed by atoms with Gasteiger partial charge in [0.25, 0.3) is 5.69 Å². The maximum atomic E-state index is 10.8. The van der Waals surface area contributed by atoms with Crippen LogP contribution >= 0.6 is 0 Å². The molecule has 1 aromatic carbocycles. The summed E-state index contributed by atoms with van der Waals surface area (Å²) in [7, 11) is 0. The zero-order chi connectivity index (χ0) is 15.1. The largest absolute Gasteiger partial charge is 0.485 e. The van der Waals surface area contributed by atoms with Crippen molar-refractivity contribution in [3.05, 3.63) is 58.2 Å². The van der Waals surface area contributed by atoms with Crippen LogP contribution in [-0.4, -0.2) is 21.4 Å². The van der Waals surface area contributed by atoms with Crippen molar-refractivity contribution in [1.29, 1.82) is 0 Å². The van der Waals surface area contributed by atoms with Gasteiger partial charge in [-0.15, -0.1) is 0 Å². The lowest BCUT2D eigenvalue weighted by atomic mass is 10.1. The van der Waals surface area contributed by atoms with Crippen LogP contribution in [-0.2, 0) is 13.2 Å². The van der Waals surface area contributed by atoms with Crippen LogP contribution in [0.5, 0.6) is 5.75 Å². The van der Waals surface area contributed by atoms with Crippen LogP contribution in [0, 0.1) is 10.1 Å². The van der Waals surface area contributed by atoms with Gasteiger partial charge in [0.05, 0.1) is 4.92 Å². The van der Waals surface area contributed by atoms with Crippen molar-refractivity contribution in [3.8, 4) is 5.75 Å². The Bertz CT molecular complexity index is 604. The number of aromatic nitrogens is 2. The first kappa shape index (κ1) is 14.9. The Hall–Kier alpha value is -2.54. The topological polar surface area (TPSA) is 90.2 Å². The molecule has 2 aromatic rings. The summed E-state index contributed by atoms with van der Waals surface area (Å²) < 4.78 is 5.67. The van der Waals surface area contributed by atoms with E-state index in [1.165, 1.54) is 12.1 Å². The van der Waals surface area contributed by atoms with E-state index in [1.807, 2.05) is 6.92 Å². The van der Waals surface area contributed by atoms with E-state index in [-0.39, 0.29) is 12.3 Å². The molecule has 21 heavy (non-hydrogen) atoms. The quantitative estimate of drug-likeness (QED) is 0.619. The summed E-state index contributed by atoms with van der Waals surface area (Å²) in [6.07, 6.45) is 3.28. The van der Waals surface area contributed by atoms with Gasteiger partial charge in [-0.2, -0.15) is 0 Å². The SMILES string of the molecule is CCNCc1cc([N+](=O)[O-])ccc1OCc1ncccn1. The molecule has 7 nitrogen and oxygen atoms in total. The number of nitrogens with one attached hydrogen (secondary N) is 1. The summed E-state index contributed by atoms with van der Waals surface area (Å²) in [4.78, 5) is 18.6. The zero-order valence-electron chi connectivity index (χ0n) is 11.7. The number of rotatable bonds is 7. The van der Waals surface area contributed by atoms with E-state index >= 15 is 0 Å². The summed E-state index contributed by atoms with van der Waals surface area (Å²) in [6.45, 7) is 3.46. The van der Waals surface area contributed by atoms with Gasteiger partial charge >= 0.3 is 0 Å². The Morgan fingerprint density at radius 1 is 1.33 bits per heavy atom. The van der Waals surface area contributed by atoms with E-state index in [9.17, 15) is 10.1 Å². The number of ether oxygens (including phenoxy) is 1. The van der Waals surface area contributed by atoms with Crippen molar-refractivity contribution in [3.63, 3.8) is 0 Å². The Labute approximate surface area is 122 Å². The van der Waals surface area contributed by atoms with Gasteiger partial charge in [0.1, 0.15) is 12.4 Å². The Kier molecular flexibility index (Phi) is 5.16. The van der Waals surface area contributed by atoms with Crippen LogP contribution in [0.1, 0.15) is 18.3 Å². The normalized spacial score (nSPS) is 10.3. The van der Waals surface area contributed by atoms with Gasteiger partial charge in [0, 0.05) is 36.6 Å². The molecule has 7 heteroatoms. The van der Waals surface area contributed by atoms with Gasteiger partial charge in [-0.1, -0.05) is 6.92 Å². The van der Waals surface area contributed by atoms with Gasteiger partial charge in [0.15, 0.2) is 5.82 Å². The van der Waals surface area contributed by atoms with Crippen LogP contribution in [0.15, 0.2) is 36.7 Å². The highest BCUT2D eigenvalue weighted by atomic mass is 16.6. The van der Waals surface area contributed by atoms with E-state index in [2.05, 4.69) is 15.3 Å². The monoisotopic (exact) mass is 288 g/mol. The van der Waals surface area contributed by atoms with Gasteiger partial charge in [-0.05, 0) is 18.7 Å². The Morgan fingerprint density at radius 2 is 2.10 bits per heavy atom. The van der Waals surface area contributed by atoms with E-state index in [0.29, 0.717) is 18.1 Å².